The second-order valence-electron chi connectivity index (χ2n) is 7.25. The van der Waals surface area contributed by atoms with Crippen molar-refractivity contribution in [3.63, 3.8) is 0 Å². The van der Waals surface area contributed by atoms with E-state index in [-0.39, 0.29) is 12.5 Å². The quantitative estimate of drug-likeness (QED) is 0.718. The molecule has 2 aromatic rings. The zero-order chi connectivity index (χ0) is 19.9. The molecule has 1 amide bonds. The van der Waals surface area contributed by atoms with E-state index in [1.807, 2.05) is 25.3 Å². The van der Waals surface area contributed by atoms with Crippen LogP contribution < -0.4 is 15.0 Å². The molecule has 0 radical (unpaired) electrons. The molecule has 2 heterocycles. The standard InChI is InChI=1S/C21H28N4O2S/c1-15-5-4-10-25(13-15)21-23-16(2)11-20(24-21)27-14-19(26)22-12-17-6-8-18(28-3)9-7-17/h6-9,11,15H,4-5,10,12-14H2,1-3H3,(H,22,26)/t15-/m1/s1. The maximum atomic E-state index is 12.1. The summed E-state index contributed by atoms with van der Waals surface area (Å²) < 4.78 is 5.64. The number of piperidine rings is 1. The molecular formula is C21H28N4O2S. The van der Waals surface area contributed by atoms with Crippen molar-refractivity contribution in [3.8, 4) is 5.88 Å². The molecule has 0 saturated carbocycles. The van der Waals surface area contributed by atoms with Crippen LogP contribution in [0.5, 0.6) is 5.88 Å². The third-order valence-corrected chi connectivity index (χ3v) is 5.50. The van der Waals surface area contributed by atoms with E-state index >= 15 is 0 Å². The number of amides is 1. The van der Waals surface area contributed by atoms with Crippen molar-refractivity contribution in [1.82, 2.24) is 15.3 Å². The Morgan fingerprint density at radius 3 is 2.82 bits per heavy atom. The van der Waals surface area contributed by atoms with Crippen molar-refractivity contribution >= 4 is 23.6 Å². The summed E-state index contributed by atoms with van der Waals surface area (Å²) >= 11 is 1.70. The number of anilines is 1. The summed E-state index contributed by atoms with van der Waals surface area (Å²) in [5.41, 5.74) is 1.90. The molecule has 1 atom stereocenters. The number of aromatic nitrogens is 2. The molecule has 3 rings (SSSR count). The molecule has 6 nitrogen and oxygen atoms in total. The fourth-order valence-electron chi connectivity index (χ4n) is 3.25. The molecule has 7 heteroatoms. The van der Waals surface area contributed by atoms with Crippen LogP contribution in [0, 0.1) is 12.8 Å². The van der Waals surface area contributed by atoms with E-state index in [4.69, 9.17) is 4.74 Å². The Morgan fingerprint density at radius 2 is 2.11 bits per heavy atom. The van der Waals surface area contributed by atoms with Crippen LogP contribution in [0.25, 0.3) is 0 Å². The predicted molar refractivity (Wildman–Crippen MR) is 113 cm³/mol. The van der Waals surface area contributed by atoms with Crippen LogP contribution in [-0.4, -0.2) is 41.8 Å². The fourth-order valence-corrected chi connectivity index (χ4v) is 3.65. The van der Waals surface area contributed by atoms with Crippen LogP contribution >= 0.6 is 11.8 Å². The second kappa shape index (κ2) is 9.78. The Morgan fingerprint density at radius 1 is 1.32 bits per heavy atom. The molecule has 0 aliphatic carbocycles. The minimum Gasteiger partial charge on any atom is -0.467 e. The number of nitrogens with one attached hydrogen (secondary N) is 1. The molecule has 1 aliphatic heterocycles. The summed E-state index contributed by atoms with van der Waals surface area (Å²) in [4.78, 5) is 24.6. The fraction of sp³-hybridized carbons (Fsp3) is 0.476. The number of carbonyl (C=O) groups is 1. The van der Waals surface area contributed by atoms with Crippen LogP contribution in [-0.2, 0) is 11.3 Å². The third-order valence-electron chi connectivity index (χ3n) is 4.76. The summed E-state index contributed by atoms with van der Waals surface area (Å²) in [5.74, 6) is 1.60. The highest BCUT2D eigenvalue weighted by molar-refractivity contribution is 7.98. The first kappa shape index (κ1) is 20.5. The van der Waals surface area contributed by atoms with Gasteiger partial charge in [-0.15, -0.1) is 11.8 Å². The lowest BCUT2D eigenvalue weighted by atomic mass is 10.0. The molecule has 0 spiro atoms. The predicted octanol–water partition coefficient (Wildman–Crippen LogP) is 3.44. The van der Waals surface area contributed by atoms with Crippen LogP contribution in [0.2, 0.25) is 0 Å². The Hall–Kier alpha value is -2.28. The van der Waals surface area contributed by atoms with Gasteiger partial charge < -0.3 is 15.0 Å². The molecule has 1 aliphatic rings. The van der Waals surface area contributed by atoms with E-state index in [0.717, 1.165) is 30.8 Å². The van der Waals surface area contributed by atoms with Gasteiger partial charge in [-0.2, -0.15) is 4.98 Å². The number of carbonyl (C=O) groups excluding carboxylic acids is 1. The largest absolute Gasteiger partial charge is 0.467 e. The van der Waals surface area contributed by atoms with Gasteiger partial charge in [0, 0.05) is 36.3 Å². The van der Waals surface area contributed by atoms with Gasteiger partial charge in [-0.1, -0.05) is 19.1 Å². The van der Waals surface area contributed by atoms with E-state index < -0.39 is 0 Å². The van der Waals surface area contributed by atoms with Gasteiger partial charge >= 0.3 is 0 Å². The Balaban J connectivity index is 1.52. The summed E-state index contributed by atoms with van der Waals surface area (Å²) in [6.07, 6.45) is 4.43. The number of ether oxygens (including phenoxy) is 1. The number of hydrogen-bond acceptors (Lipinski definition) is 6. The average molecular weight is 401 g/mol. The number of benzene rings is 1. The Kier molecular flexibility index (Phi) is 7.14. The summed E-state index contributed by atoms with van der Waals surface area (Å²) in [6.45, 7) is 6.51. The maximum Gasteiger partial charge on any atom is 0.258 e. The van der Waals surface area contributed by atoms with E-state index in [1.165, 1.54) is 11.3 Å². The molecule has 1 fully saturated rings. The number of hydrogen-bond donors (Lipinski definition) is 1. The first-order valence-electron chi connectivity index (χ1n) is 9.66. The van der Waals surface area contributed by atoms with Crippen molar-refractivity contribution in [1.29, 1.82) is 0 Å². The van der Waals surface area contributed by atoms with Crippen LogP contribution in [0.4, 0.5) is 5.95 Å². The molecular weight excluding hydrogens is 372 g/mol. The van der Waals surface area contributed by atoms with Crippen molar-refractivity contribution < 1.29 is 9.53 Å². The summed E-state index contributed by atoms with van der Waals surface area (Å²) in [5, 5.41) is 2.88. The second-order valence-corrected chi connectivity index (χ2v) is 8.13. The van der Waals surface area contributed by atoms with Crippen LogP contribution in [0.3, 0.4) is 0 Å². The first-order chi connectivity index (χ1) is 13.5. The molecule has 1 saturated heterocycles. The summed E-state index contributed by atoms with van der Waals surface area (Å²) in [7, 11) is 0. The summed E-state index contributed by atoms with van der Waals surface area (Å²) in [6, 6.07) is 9.91. The van der Waals surface area contributed by atoms with E-state index in [2.05, 4.69) is 39.2 Å². The van der Waals surface area contributed by atoms with Gasteiger partial charge in [-0.05, 0) is 49.6 Å². The van der Waals surface area contributed by atoms with Gasteiger partial charge in [-0.3, -0.25) is 4.79 Å². The molecule has 0 bridgehead atoms. The average Bonchev–Trinajstić information content (AvgIpc) is 2.70. The lowest BCUT2D eigenvalue weighted by Crippen LogP contribution is -2.35. The normalized spacial score (nSPS) is 16.7. The highest BCUT2D eigenvalue weighted by Crippen LogP contribution is 2.22. The zero-order valence-electron chi connectivity index (χ0n) is 16.8. The highest BCUT2D eigenvalue weighted by Gasteiger charge is 2.19. The number of aryl methyl sites for hydroxylation is 1. The van der Waals surface area contributed by atoms with Crippen LogP contribution in [0.15, 0.2) is 35.2 Å². The first-order valence-corrected chi connectivity index (χ1v) is 10.9. The minimum atomic E-state index is -0.168. The van der Waals surface area contributed by atoms with Gasteiger partial charge in [0.25, 0.3) is 5.91 Å². The number of thioether (sulfide) groups is 1. The molecule has 150 valence electrons. The molecule has 1 aromatic carbocycles. The van der Waals surface area contributed by atoms with Gasteiger partial charge in [-0.25, -0.2) is 4.98 Å². The lowest BCUT2D eigenvalue weighted by Gasteiger charge is -2.31. The zero-order valence-corrected chi connectivity index (χ0v) is 17.6. The van der Waals surface area contributed by atoms with Gasteiger partial charge in [0.05, 0.1) is 0 Å². The highest BCUT2D eigenvalue weighted by atomic mass is 32.2. The SMILES string of the molecule is CSc1ccc(CNC(=O)COc2cc(C)nc(N3CCC[C@@H](C)C3)n2)cc1. The molecule has 1 aromatic heterocycles. The Bertz CT molecular complexity index is 797. The molecule has 0 unspecified atom stereocenters. The Labute approximate surface area is 171 Å². The number of nitrogens with zero attached hydrogens (tertiary/aromatic N) is 3. The van der Waals surface area contributed by atoms with Gasteiger partial charge in [0.15, 0.2) is 6.61 Å². The molecule has 1 N–H and O–H groups in total. The van der Waals surface area contributed by atoms with Crippen molar-refractivity contribution in [2.24, 2.45) is 5.92 Å². The van der Waals surface area contributed by atoms with Gasteiger partial charge in [0.2, 0.25) is 11.8 Å². The minimum absolute atomic E-state index is 0.0603. The van der Waals surface area contributed by atoms with E-state index in [0.29, 0.717) is 24.3 Å². The third kappa shape index (κ3) is 5.86. The van der Waals surface area contributed by atoms with Crippen LogP contribution in [0.1, 0.15) is 31.0 Å². The smallest absolute Gasteiger partial charge is 0.258 e. The van der Waals surface area contributed by atoms with Crippen molar-refractivity contribution in [2.45, 2.75) is 38.1 Å². The van der Waals surface area contributed by atoms with Crippen molar-refractivity contribution in [3.05, 3.63) is 41.6 Å². The van der Waals surface area contributed by atoms with Gasteiger partial charge in [0.1, 0.15) is 0 Å². The lowest BCUT2D eigenvalue weighted by molar-refractivity contribution is -0.123. The monoisotopic (exact) mass is 400 g/mol. The topological polar surface area (TPSA) is 67.3 Å². The van der Waals surface area contributed by atoms with E-state index in [9.17, 15) is 4.79 Å². The number of rotatable bonds is 7. The van der Waals surface area contributed by atoms with Crippen molar-refractivity contribution in [2.75, 3.05) is 30.9 Å². The molecule has 28 heavy (non-hydrogen) atoms. The maximum absolute atomic E-state index is 12.1. The van der Waals surface area contributed by atoms with E-state index in [1.54, 1.807) is 17.8 Å².